The molecule has 2 heterocycles. The highest BCUT2D eigenvalue weighted by Gasteiger charge is 2.74. The predicted molar refractivity (Wildman–Crippen MR) is 80.8 cm³/mol. The van der Waals surface area contributed by atoms with Crippen LogP contribution in [0.25, 0.3) is 11.9 Å². The third kappa shape index (κ3) is 1.21. The summed E-state index contributed by atoms with van der Waals surface area (Å²) in [7, 11) is 0. The minimum Gasteiger partial charge on any atom is -0.368 e. The number of nitrogens with zero attached hydrogens (tertiary/aromatic N) is 1. The van der Waals surface area contributed by atoms with Gasteiger partial charge in [-0.1, -0.05) is 30.3 Å². The standard InChI is InChI=1S/C16H16N4O2/c17-13(21)15-7-8-16(15,14(18)22)20-9-3-5-10-4-1-2-6-11(10)12(20)19-15/h1-6,9,19H,7-8H2,(H2,17,21)(H2,18,22). The van der Waals surface area contributed by atoms with Gasteiger partial charge < -0.3 is 21.7 Å². The molecule has 2 amide bonds. The zero-order valence-electron chi connectivity index (χ0n) is 11.9. The fourth-order valence-corrected chi connectivity index (χ4v) is 3.89. The summed E-state index contributed by atoms with van der Waals surface area (Å²) in [5.74, 6) is -0.382. The summed E-state index contributed by atoms with van der Waals surface area (Å²) in [4.78, 5) is 26.1. The number of allylic oxidation sites excluding steroid dienone is 1. The molecule has 6 heteroatoms. The maximum absolute atomic E-state index is 12.2. The lowest BCUT2D eigenvalue weighted by Gasteiger charge is -2.52. The van der Waals surface area contributed by atoms with Crippen LogP contribution in [0.3, 0.4) is 0 Å². The first-order valence-corrected chi connectivity index (χ1v) is 7.18. The van der Waals surface area contributed by atoms with Gasteiger partial charge in [0.1, 0.15) is 5.82 Å². The van der Waals surface area contributed by atoms with Gasteiger partial charge >= 0.3 is 0 Å². The average molecular weight is 296 g/mol. The molecule has 3 aliphatic rings. The van der Waals surface area contributed by atoms with E-state index in [9.17, 15) is 9.59 Å². The van der Waals surface area contributed by atoms with E-state index in [2.05, 4.69) is 5.32 Å². The Morgan fingerprint density at radius 3 is 2.55 bits per heavy atom. The topological polar surface area (TPSA) is 101 Å². The molecule has 1 aromatic carbocycles. The Balaban J connectivity index is 2.07. The van der Waals surface area contributed by atoms with Crippen molar-refractivity contribution in [2.24, 2.45) is 11.5 Å². The second-order valence-corrected chi connectivity index (χ2v) is 5.93. The van der Waals surface area contributed by atoms with Gasteiger partial charge in [-0.15, -0.1) is 0 Å². The summed E-state index contributed by atoms with van der Waals surface area (Å²) >= 11 is 0. The van der Waals surface area contributed by atoms with E-state index in [-0.39, 0.29) is 0 Å². The molecule has 0 spiro atoms. The lowest BCUT2D eigenvalue weighted by atomic mass is 9.59. The smallest absolute Gasteiger partial charge is 0.246 e. The second-order valence-electron chi connectivity index (χ2n) is 5.93. The fraction of sp³-hybridized carbons (Fsp3) is 0.250. The molecular weight excluding hydrogens is 280 g/mol. The van der Waals surface area contributed by atoms with Crippen LogP contribution >= 0.6 is 0 Å². The van der Waals surface area contributed by atoms with Gasteiger partial charge in [0.05, 0.1) is 0 Å². The molecule has 1 saturated carbocycles. The van der Waals surface area contributed by atoms with E-state index < -0.39 is 22.9 Å². The molecule has 22 heavy (non-hydrogen) atoms. The first-order valence-electron chi connectivity index (χ1n) is 7.18. The van der Waals surface area contributed by atoms with Crippen molar-refractivity contribution in [2.75, 3.05) is 0 Å². The van der Waals surface area contributed by atoms with Gasteiger partial charge in [0.15, 0.2) is 11.1 Å². The van der Waals surface area contributed by atoms with Crippen LogP contribution in [0.2, 0.25) is 0 Å². The number of rotatable bonds is 2. The molecule has 1 saturated heterocycles. The van der Waals surface area contributed by atoms with E-state index in [4.69, 9.17) is 11.5 Å². The Bertz CT molecular complexity index is 859. The van der Waals surface area contributed by atoms with Gasteiger partial charge in [0.2, 0.25) is 11.8 Å². The first-order chi connectivity index (χ1) is 10.5. The maximum Gasteiger partial charge on any atom is 0.246 e. The van der Waals surface area contributed by atoms with Crippen LogP contribution in [0.1, 0.15) is 12.8 Å². The molecule has 1 aliphatic carbocycles. The fourth-order valence-electron chi connectivity index (χ4n) is 3.89. The van der Waals surface area contributed by atoms with Crippen molar-refractivity contribution in [1.29, 1.82) is 0 Å². The SMILES string of the molecule is NC(=O)C12CCC1(C(N)=O)N1C=CC=c3ccccc3=C1N2. The number of hydrogen-bond acceptors (Lipinski definition) is 4. The van der Waals surface area contributed by atoms with Crippen LogP contribution in [-0.4, -0.2) is 27.8 Å². The monoisotopic (exact) mass is 296 g/mol. The van der Waals surface area contributed by atoms with Gasteiger partial charge in [-0.25, -0.2) is 0 Å². The van der Waals surface area contributed by atoms with Crippen LogP contribution in [-0.2, 0) is 9.59 Å². The number of primary amides is 2. The maximum atomic E-state index is 12.2. The number of fused-ring (bicyclic) bond motifs is 4. The first kappa shape index (κ1) is 12.9. The summed E-state index contributed by atoms with van der Waals surface area (Å²) in [5, 5.41) is 5.14. The quantitative estimate of drug-likeness (QED) is 0.600. The zero-order valence-corrected chi connectivity index (χ0v) is 11.9. The highest BCUT2D eigenvalue weighted by molar-refractivity contribution is 6.03. The van der Waals surface area contributed by atoms with E-state index in [0.717, 1.165) is 10.4 Å². The molecule has 6 nitrogen and oxygen atoms in total. The number of nitrogens with two attached hydrogens (primary N) is 2. The molecule has 2 unspecified atom stereocenters. The molecular formula is C16H16N4O2. The lowest BCUT2D eigenvalue weighted by molar-refractivity contribution is -0.147. The zero-order chi connectivity index (χ0) is 15.5. The van der Waals surface area contributed by atoms with Crippen molar-refractivity contribution in [3.63, 3.8) is 0 Å². The minimum atomic E-state index is -1.14. The van der Waals surface area contributed by atoms with E-state index in [1.165, 1.54) is 0 Å². The Kier molecular flexibility index (Phi) is 2.30. The highest BCUT2D eigenvalue weighted by Crippen LogP contribution is 2.53. The highest BCUT2D eigenvalue weighted by atomic mass is 16.2. The van der Waals surface area contributed by atoms with Crippen molar-refractivity contribution in [3.05, 3.63) is 47.0 Å². The van der Waals surface area contributed by atoms with Crippen LogP contribution in [0.4, 0.5) is 0 Å². The minimum absolute atomic E-state index is 0.491. The Hall–Kier alpha value is -2.76. The molecule has 1 aromatic rings. The van der Waals surface area contributed by atoms with E-state index in [1.54, 1.807) is 11.1 Å². The molecule has 4 rings (SSSR count). The van der Waals surface area contributed by atoms with E-state index in [0.29, 0.717) is 18.7 Å². The van der Waals surface area contributed by atoms with E-state index in [1.807, 2.05) is 36.4 Å². The number of carbonyl (C=O) groups excluding carboxylic acids is 2. The van der Waals surface area contributed by atoms with Gasteiger partial charge in [-0.05, 0) is 24.1 Å². The Morgan fingerprint density at radius 2 is 1.91 bits per heavy atom. The summed E-state index contributed by atoms with van der Waals surface area (Å²) in [6.07, 6.45) is 6.59. The second kappa shape index (κ2) is 3.91. The number of nitrogens with one attached hydrogen (secondary N) is 1. The largest absolute Gasteiger partial charge is 0.368 e. The van der Waals surface area contributed by atoms with Crippen LogP contribution in [0.5, 0.6) is 0 Å². The Morgan fingerprint density at radius 1 is 1.14 bits per heavy atom. The molecule has 2 fully saturated rings. The third-order valence-corrected chi connectivity index (χ3v) is 5.11. The van der Waals surface area contributed by atoms with Crippen LogP contribution in [0.15, 0.2) is 36.5 Å². The van der Waals surface area contributed by atoms with Gasteiger partial charge in [-0.3, -0.25) is 9.59 Å². The van der Waals surface area contributed by atoms with Gasteiger partial charge in [0, 0.05) is 11.4 Å². The number of carbonyl (C=O) groups is 2. The molecule has 0 aromatic heterocycles. The molecule has 112 valence electrons. The van der Waals surface area contributed by atoms with E-state index >= 15 is 0 Å². The van der Waals surface area contributed by atoms with Crippen LogP contribution in [0, 0.1) is 0 Å². The van der Waals surface area contributed by atoms with Crippen LogP contribution < -0.4 is 27.2 Å². The molecule has 5 N–H and O–H groups in total. The number of benzene rings is 1. The summed E-state index contributed by atoms with van der Waals surface area (Å²) in [6.45, 7) is 0. The molecule has 0 radical (unpaired) electrons. The predicted octanol–water partition coefficient (Wildman–Crippen LogP) is -1.79. The average Bonchev–Trinajstić information content (AvgIpc) is 2.58. The third-order valence-electron chi connectivity index (χ3n) is 5.11. The van der Waals surface area contributed by atoms with Crippen molar-refractivity contribution in [3.8, 4) is 0 Å². The summed E-state index contributed by atoms with van der Waals surface area (Å²) in [6, 6.07) is 7.78. The van der Waals surface area contributed by atoms with Crippen molar-refractivity contribution >= 4 is 23.7 Å². The van der Waals surface area contributed by atoms with Gasteiger partial charge in [0.25, 0.3) is 0 Å². The summed E-state index contributed by atoms with van der Waals surface area (Å²) in [5.41, 5.74) is 9.05. The number of hydrogen-bond donors (Lipinski definition) is 3. The van der Waals surface area contributed by atoms with Crippen molar-refractivity contribution < 1.29 is 9.59 Å². The summed E-state index contributed by atoms with van der Waals surface area (Å²) < 4.78 is 0. The lowest BCUT2D eigenvalue weighted by Crippen LogP contribution is -2.78. The van der Waals surface area contributed by atoms with Gasteiger partial charge in [-0.2, -0.15) is 0 Å². The normalized spacial score (nSPS) is 30.9. The molecule has 2 atom stereocenters. The molecule has 2 aliphatic heterocycles. The van der Waals surface area contributed by atoms with Crippen molar-refractivity contribution in [1.82, 2.24) is 10.2 Å². The molecule has 0 bridgehead atoms. The number of amides is 2. The van der Waals surface area contributed by atoms with Crippen molar-refractivity contribution in [2.45, 2.75) is 23.9 Å². The Labute approximate surface area is 126 Å².